The van der Waals surface area contributed by atoms with E-state index < -0.39 is 15.3 Å². The van der Waals surface area contributed by atoms with Crippen LogP contribution in [0.2, 0.25) is 0 Å². The van der Waals surface area contributed by atoms with Crippen molar-refractivity contribution in [1.82, 2.24) is 4.31 Å². The lowest BCUT2D eigenvalue weighted by Crippen LogP contribution is -2.51. The molecule has 92 valence electrons. The monoisotopic (exact) mass is 246 g/mol. The van der Waals surface area contributed by atoms with Crippen LogP contribution in [0.1, 0.15) is 26.7 Å². The molecule has 1 saturated heterocycles. The zero-order valence-corrected chi connectivity index (χ0v) is 10.5. The lowest BCUT2D eigenvalue weighted by molar-refractivity contribution is 0.0311. The smallest absolute Gasteiger partial charge is 0.230 e. The van der Waals surface area contributed by atoms with Crippen molar-refractivity contribution in [2.75, 3.05) is 19.8 Å². The minimum atomic E-state index is -3.49. The third-order valence-corrected chi connectivity index (χ3v) is 5.14. The number of nitriles is 1. The van der Waals surface area contributed by atoms with E-state index in [2.05, 4.69) is 0 Å². The van der Waals surface area contributed by atoms with Gasteiger partial charge in [0.05, 0.1) is 19.3 Å². The number of hydrogen-bond donors (Lipinski definition) is 0. The highest BCUT2D eigenvalue weighted by Crippen LogP contribution is 2.19. The van der Waals surface area contributed by atoms with E-state index in [-0.39, 0.29) is 6.04 Å². The Balaban J connectivity index is 2.93. The second-order valence-electron chi connectivity index (χ2n) is 3.82. The highest BCUT2D eigenvalue weighted by molar-refractivity contribution is 7.90. The van der Waals surface area contributed by atoms with E-state index in [4.69, 9.17) is 10.00 Å². The SMILES string of the molecule is CCC1COCCN1S(=O)(=O)C(C#N)CC. The molecule has 1 rings (SSSR count). The Morgan fingerprint density at radius 3 is 2.75 bits per heavy atom. The molecule has 0 radical (unpaired) electrons. The highest BCUT2D eigenvalue weighted by Gasteiger charge is 2.36. The Morgan fingerprint density at radius 2 is 2.25 bits per heavy atom. The van der Waals surface area contributed by atoms with Crippen LogP contribution in [0.4, 0.5) is 0 Å². The van der Waals surface area contributed by atoms with Gasteiger partial charge in [0.1, 0.15) is 0 Å². The number of ether oxygens (including phenoxy) is 1. The van der Waals surface area contributed by atoms with E-state index in [1.54, 1.807) is 6.92 Å². The van der Waals surface area contributed by atoms with Crippen molar-refractivity contribution in [2.45, 2.75) is 38.0 Å². The quantitative estimate of drug-likeness (QED) is 0.733. The summed E-state index contributed by atoms with van der Waals surface area (Å²) in [5.74, 6) is 0. The van der Waals surface area contributed by atoms with E-state index in [0.29, 0.717) is 32.6 Å². The molecule has 1 aliphatic rings. The Kier molecular flexibility index (Phi) is 4.71. The molecule has 16 heavy (non-hydrogen) atoms. The first kappa shape index (κ1) is 13.4. The summed E-state index contributed by atoms with van der Waals surface area (Å²) < 4.78 is 31.0. The van der Waals surface area contributed by atoms with Crippen molar-refractivity contribution < 1.29 is 13.2 Å². The van der Waals surface area contributed by atoms with Crippen molar-refractivity contribution in [1.29, 1.82) is 5.26 Å². The van der Waals surface area contributed by atoms with Gasteiger partial charge in [-0.1, -0.05) is 13.8 Å². The molecule has 2 unspecified atom stereocenters. The predicted molar refractivity (Wildman–Crippen MR) is 60.2 cm³/mol. The minimum Gasteiger partial charge on any atom is -0.378 e. The fraction of sp³-hybridized carbons (Fsp3) is 0.900. The van der Waals surface area contributed by atoms with Crippen LogP contribution in [0.3, 0.4) is 0 Å². The van der Waals surface area contributed by atoms with Crippen LogP contribution in [0.5, 0.6) is 0 Å². The van der Waals surface area contributed by atoms with Crippen molar-refractivity contribution >= 4 is 10.0 Å². The summed E-state index contributed by atoms with van der Waals surface area (Å²) >= 11 is 0. The van der Waals surface area contributed by atoms with Crippen LogP contribution in [-0.2, 0) is 14.8 Å². The molecule has 1 aliphatic heterocycles. The standard InChI is InChI=1S/C10H18N2O3S/c1-3-9-8-15-6-5-12(9)16(13,14)10(4-2)7-11/h9-10H,3-6,8H2,1-2H3. The van der Waals surface area contributed by atoms with Gasteiger partial charge in [-0.3, -0.25) is 0 Å². The molecule has 1 heterocycles. The van der Waals surface area contributed by atoms with Crippen LogP contribution in [0.25, 0.3) is 0 Å². The Bertz CT molecular complexity index is 361. The third-order valence-electron chi connectivity index (χ3n) is 2.85. The van der Waals surface area contributed by atoms with Crippen LogP contribution in [0, 0.1) is 11.3 Å². The predicted octanol–water partition coefficient (Wildman–Crippen LogP) is 0.729. The maximum absolute atomic E-state index is 12.2. The zero-order chi connectivity index (χ0) is 12.2. The van der Waals surface area contributed by atoms with Gasteiger partial charge in [0.15, 0.2) is 5.25 Å². The maximum atomic E-state index is 12.2. The summed E-state index contributed by atoms with van der Waals surface area (Å²) in [6.45, 7) is 4.84. The molecule has 5 nitrogen and oxygen atoms in total. The molecule has 0 aromatic carbocycles. The van der Waals surface area contributed by atoms with Crippen LogP contribution in [-0.4, -0.2) is 43.8 Å². The van der Waals surface area contributed by atoms with Crippen molar-refractivity contribution in [2.24, 2.45) is 0 Å². The third kappa shape index (κ3) is 2.54. The Morgan fingerprint density at radius 1 is 1.56 bits per heavy atom. The van der Waals surface area contributed by atoms with Crippen LogP contribution >= 0.6 is 0 Å². The van der Waals surface area contributed by atoms with Gasteiger partial charge in [-0.25, -0.2) is 8.42 Å². The van der Waals surface area contributed by atoms with Gasteiger partial charge in [0, 0.05) is 12.6 Å². The van der Waals surface area contributed by atoms with Crippen LogP contribution < -0.4 is 0 Å². The molecular formula is C10H18N2O3S. The molecule has 2 atom stereocenters. The molecule has 0 saturated carbocycles. The topological polar surface area (TPSA) is 70.4 Å². The second-order valence-corrected chi connectivity index (χ2v) is 5.89. The zero-order valence-electron chi connectivity index (χ0n) is 9.72. The molecule has 0 N–H and O–H groups in total. The summed E-state index contributed by atoms with van der Waals surface area (Å²) in [7, 11) is -3.49. The first-order valence-electron chi connectivity index (χ1n) is 5.55. The molecule has 0 aromatic heterocycles. The lowest BCUT2D eigenvalue weighted by Gasteiger charge is -2.34. The second kappa shape index (κ2) is 5.62. The van der Waals surface area contributed by atoms with E-state index in [0.717, 1.165) is 0 Å². The maximum Gasteiger partial charge on any atom is 0.230 e. The molecule has 1 fully saturated rings. The highest BCUT2D eigenvalue weighted by atomic mass is 32.2. The molecular weight excluding hydrogens is 228 g/mol. The number of hydrogen-bond acceptors (Lipinski definition) is 4. The molecule has 0 aromatic rings. The van der Waals surface area contributed by atoms with E-state index >= 15 is 0 Å². The van der Waals surface area contributed by atoms with Gasteiger partial charge in [-0.2, -0.15) is 9.57 Å². The van der Waals surface area contributed by atoms with E-state index in [1.165, 1.54) is 4.31 Å². The molecule has 0 bridgehead atoms. The van der Waals surface area contributed by atoms with Crippen molar-refractivity contribution in [3.05, 3.63) is 0 Å². The lowest BCUT2D eigenvalue weighted by atomic mass is 10.2. The van der Waals surface area contributed by atoms with E-state index in [9.17, 15) is 8.42 Å². The van der Waals surface area contributed by atoms with Gasteiger partial charge >= 0.3 is 0 Å². The molecule has 6 heteroatoms. The fourth-order valence-electron chi connectivity index (χ4n) is 1.83. The van der Waals surface area contributed by atoms with E-state index in [1.807, 2.05) is 13.0 Å². The largest absolute Gasteiger partial charge is 0.378 e. The summed E-state index contributed by atoms with van der Waals surface area (Å²) in [5.41, 5.74) is 0. The molecule has 0 aliphatic carbocycles. The summed E-state index contributed by atoms with van der Waals surface area (Å²) in [4.78, 5) is 0. The molecule has 0 amide bonds. The van der Waals surface area contributed by atoms with Crippen molar-refractivity contribution in [3.63, 3.8) is 0 Å². The first-order chi connectivity index (χ1) is 7.57. The van der Waals surface area contributed by atoms with Gasteiger partial charge < -0.3 is 4.74 Å². The Labute approximate surface area is 97.0 Å². The molecule has 0 spiro atoms. The summed E-state index contributed by atoms with van der Waals surface area (Å²) in [5, 5.41) is 7.93. The van der Waals surface area contributed by atoms with Crippen LogP contribution in [0.15, 0.2) is 0 Å². The number of sulfonamides is 1. The fourth-order valence-corrected chi connectivity index (χ4v) is 3.66. The number of morpholine rings is 1. The number of nitrogens with zero attached hydrogens (tertiary/aromatic N) is 2. The Hall–Kier alpha value is -0.640. The minimum absolute atomic E-state index is 0.124. The number of rotatable bonds is 4. The van der Waals surface area contributed by atoms with Gasteiger partial charge in [-0.15, -0.1) is 0 Å². The average Bonchev–Trinajstić information content (AvgIpc) is 2.30. The van der Waals surface area contributed by atoms with Crippen molar-refractivity contribution in [3.8, 4) is 6.07 Å². The summed E-state index contributed by atoms with van der Waals surface area (Å²) in [6, 6.07) is 1.74. The van der Waals surface area contributed by atoms with Gasteiger partial charge in [0.25, 0.3) is 0 Å². The summed E-state index contributed by atoms with van der Waals surface area (Å²) in [6.07, 6.45) is 1.04. The normalized spacial score (nSPS) is 24.9. The average molecular weight is 246 g/mol. The van der Waals surface area contributed by atoms with Gasteiger partial charge in [-0.05, 0) is 12.8 Å². The first-order valence-corrected chi connectivity index (χ1v) is 7.06. The van der Waals surface area contributed by atoms with Gasteiger partial charge in [0.2, 0.25) is 10.0 Å².